The van der Waals surface area contributed by atoms with Gasteiger partial charge in [0.15, 0.2) is 0 Å². The second kappa shape index (κ2) is 7.55. The number of rotatable bonds is 6. The van der Waals surface area contributed by atoms with Crippen molar-refractivity contribution in [2.75, 3.05) is 17.7 Å². The zero-order valence-electron chi connectivity index (χ0n) is 13.9. The predicted molar refractivity (Wildman–Crippen MR) is 100 cm³/mol. The van der Waals surface area contributed by atoms with E-state index in [1.54, 1.807) is 7.11 Å². The molecule has 0 unspecified atom stereocenters. The van der Waals surface area contributed by atoms with Gasteiger partial charge in [-0.3, -0.25) is 0 Å². The second-order valence-corrected chi connectivity index (χ2v) is 5.75. The van der Waals surface area contributed by atoms with Gasteiger partial charge >= 0.3 is 0 Å². The van der Waals surface area contributed by atoms with Crippen LogP contribution >= 0.6 is 0 Å². The van der Waals surface area contributed by atoms with E-state index in [4.69, 9.17) is 10.5 Å². The van der Waals surface area contributed by atoms with Gasteiger partial charge in [0, 0.05) is 24.8 Å². The minimum absolute atomic E-state index is 0.653. The lowest BCUT2D eigenvalue weighted by Crippen LogP contribution is -2.22. The van der Waals surface area contributed by atoms with Gasteiger partial charge in [0.05, 0.1) is 12.8 Å². The van der Waals surface area contributed by atoms with Gasteiger partial charge in [-0.2, -0.15) is 0 Å². The summed E-state index contributed by atoms with van der Waals surface area (Å²) in [6.45, 7) is 1.64. The van der Waals surface area contributed by atoms with Crippen LogP contribution in [0.1, 0.15) is 11.1 Å². The molecule has 0 atom stereocenters. The molecule has 24 heavy (non-hydrogen) atoms. The molecule has 2 N–H and O–H groups in total. The van der Waals surface area contributed by atoms with Crippen molar-refractivity contribution in [1.82, 2.24) is 0 Å². The fraction of sp³-hybridized carbons (Fsp3) is 0.143. The van der Waals surface area contributed by atoms with Crippen molar-refractivity contribution in [3.05, 3.63) is 90.0 Å². The van der Waals surface area contributed by atoms with E-state index < -0.39 is 0 Å². The van der Waals surface area contributed by atoms with Crippen molar-refractivity contribution in [3.8, 4) is 5.75 Å². The molecule has 3 aromatic rings. The molecule has 3 nitrogen and oxygen atoms in total. The number of nitrogens with two attached hydrogens (primary N) is 1. The number of anilines is 2. The average molecular weight is 318 g/mol. The summed E-state index contributed by atoms with van der Waals surface area (Å²) in [5.41, 5.74) is 10.2. The topological polar surface area (TPSA) is 38.5 Å². The third-order valence-electron chi connectivity index (χ3n) is 4.01. The molecule has 0 aromatic heterocycles. The third kappa shape index (κ3) is 3.87. The number of nitrogens with zero attached hydrogens (tertiary/aromatic N) is 1. The minimum atomic E-state index is 0.653. The predicted octanol–water partition coefficient (Wildman–Crippen LogP) is 4.48. The highest BCUT2D eigenvalue weighted by Gasteiger charge is 2.11. The molecule has 0 spiro atoms. The van der Waals surface area contributed by atoms with E-state index in [-0.39, 0.29) is 0 Å². The molecule has 0 saturated heterocycles. The largest absolute Gasteiger partial charge is 0.495 e. The van der Waals surface area contributed by atoms with Crippen molar-refractivity contribution < 1.29 is 4.74 Å². The fourth-order valence-electron chi connectivity index (χ4n) is 2.74. The van der Waals surface area contributed by atoms with Gasteiger partial charge in [-0.1, -0.05) is 60.7 Å². The lowest BCUT2D eigenvalue weighted by Gasteiger charge is -2.26. The Balaban J connectivity index is 1.91. The molecule has 0 amide bonds. The van der Waals surface area contributed by atoms with Crippen molar-refractivity contribution in [2.24, 2.45) is 0 Å². The summed E-state index contributed by atoms with van der Waals surface area (Å²) in [6, 6.07) is 26.9. The highest BCUT2D eigenvalue weighted by Crippen LogP contribution is 2.29. The lowest BCUT2D eigenvalue weighted by molar-refractivity contribution is 0.417. The van der Waals surface area contributed by atoms with Crippen LogP contribution < -0.4 is 15.4 Å². The summed E-state index contributed by atoms with van der Waals surface area (Å²) in [4.78, 5) is 2.33. The maximum Gasteiger partial charge on any atom is 0.143 e. The Morgan fingerprint density at radius 2 is 1.33 bits per heavy atom. The monoisotopic (exact) mass is 318 g/mol. The Hall–Kier alpha value is -2.94. The number of hydrogen-bond acceptors (Lipinski definition) is 3. The Kier molecular flexibility index (Phi) is 5.02. The molecule has 0 aliphatic heterocycles. The van der Waals surface area contributed by atoms with E-state index in [9.17, 15) is 0 Å². The standard InChI is InChI=1S/C21H22N2O/c1-24-21-14-19(12-13-20(21)22)23(15-17-8-4-2-5-9-17)16-18-10-6-3-7-11-18/h2-14H,15-16,22H2,1H3. The number of methoxy groups -OCH3 is 1. The zero-order chi connectivity index (χ0) is 16.8. The van der Waals surface area contributed by atoms with E-state index in [0.717, 1.165) is 18.8 Å². The van der Waals surface area contributed by atoms with Crippen molar-refractivity contribution in [3.63, 3.8) is 0 Å². The van der Waals surface area contributed by atoms with Gasteiger partial charge in [-0.25, -0.2) is 0 Å². The smallest absolute Gasteiger partial charge is 0.143 e. The van der Waals surface area contributed by atoms with E-state index in [1.807, 2.05) is 30.3 Å². The van der Waals surface area contributed by atoms with Gasteiger partial charge in [0.2, 0.25) is 0 Å². The van der Waals surface area contributed by atoms with Gasteiger partial charge in [-0.05, 0) is 23.3 Å². The summed E-state index contributed by atoms with van der Waals surface area (Å²) in [5, 5.41) is 0. The van der Waals surface area contributed by atoms with Crippen molar-refractivity contribution in [2.45, 2.75) is 13.1 Å². The van der Waals surface area contributed by atoms with E-state index in [2.05, 4.69) is 53.4 Å². The molecule has 0 aliphatic rings. The Morgan fingerprint density at radius 1 is 0.792 bits per heavy atom. The zero-order valence-corrected chi connectivity index (χ0v) is 13.9. The van der Waals surface area contributed by atoms with Crippen LogP contribution in [-0.4, -0.2) is 7.11 Å². The van der Waals surface area contributed by atoms with Gasteiger partial charge in [-0.15, -0.1) is 0 Å². The number of hydrogen-bond donors (Lipinski definition) is 1. The number of ether oxygens (including phenoxy) is 1. The lowest BCUT2D eigenvalue weighted by atomic mass is 10.1. The van der Waals surface area contributed by atoms with E-state index in [1.165, 1.54) is 11.1 Å². The van der Waals surface area contributed by atoms with E-state index >= 15 is 0 Å². The highest BCUT2D eigenvalue weighted by molar-refractivity contribution is 5.62. The van der Waals surface area contributed by atoms with Crippen LogP contribution in [0.25, 0.3) is 0 Å². The molecule has 0 heterocycles. The summed E-state index contributed by atoms with van der Waals surface area (Å²) < 4.78 is 5.38. The van der Waals surface area contributed by atoms with Gasteiger partial charge in [0.1, 0.15) is 5.75 Å². The average Bonchev–Trinajstić information content (AvgIpc) is 2.63. The molecule has 122 valence electrons. The van der Waals surface area contributed by atoms with Crippen LogP contribution in [0.2, 0.25) is 0 Å². The maximum absolute atomic E-state index is 5.96. The first-order valence-corrected chi connectivity index (χ1v) is 8.02. The van der Waals surface area contributed by atoms with Crippen LogP contribution in [0.3, 0.4) is 0 Å². The third-order valence-corrected chi connectivity index (χ3v) is 4.01. The number of nitrogen functional groups attached to an aromatic ring is 1. The molecule has 0 saturated carbocycles. The molecule has 3 rings (SSSR count). The van der Waals surface area contributed by atoms with Crippen LogP contribution in [0.4, 0.5) is 11.4 Å². The molecule has 0 aliphatic carbocycles. The summed E-state index contributed by atoms with van der Waals surface area (Å²) in [7, 11) is 1.65. The molecule has 3 aromatic carbocycles. The molecular weight excluding hydrogens is 296 g/mol. The first-order valence-electron chi connectivity index (χ1n) is 8.02. The molecule has 0 fully saturated rings. The number of benzene rings is 3. The SMILES string of the molecule is COc1cc(N(Cc2ccccc2)Cc2ccccc2)ccc1N. The quantitative estimate of drug-likeness (QED) is 0.681. The van der Waals surface area contributed by atoms with Crippen LogP contribution in [0, 0.1) is 0 Å². The molecule has 0 bridgehead atoms. The highest BCUT2D eigenvalue weighted by atomic mass is 16.5. The van der Waals surface area contributed by atoms with E-state index in [0.29, 0.717) is 11.4 Å². The Bertz CT molecular complexity index is 731. The minimum Gasteiger partial charge on any atom is -0.495 e. The summed E-state index contributed by atoms with van der Waals surface area (Å²) >= 11 is 0. The van der Waals surface area contributed by atoms with Crippen LogP contribution in [0.15, 0.2) is 78.9 Å². The van der Waals surface area contributed by atoms with Crippen molar-refractivity contribution >= 4 is 11.4 Å². The molecule has 3 heteroatoms. The normalized spacial score (nSPS) is 10.4. The van der Waals surface area contributed by atoms with Gasteiger partial charge < -0.3 is 15.4 Å². The molecular formula is C21H22N2O. The Morgan fingerprint density at radius 3 is 1.83 bits per heavy atom. The summed E-state index contributed by atoms with van der Waals surface area (Å²) in [6.07, 6.45) is 0. The first kappa shape index (κ1) is 15.9. The second-order valence-electron chi connectivity index (χ2n) is 5.75. The van der Waals surface area contributed by atoms with Crippen LogP contribution in [-0.2, 0) is 13.1 Å². The maximum atomic E-state index is 5.96. The van der Waals surface area contributed by atoms with Crippen LogP contribution in [0.5, 0.6) is 5.75 Å². The summed E-state index contributed by atoms with van der Waals surface area (Å²) in [5.74, 6) is 0.707. The first-order chi connectivity index (χ1) is 11.8. The Labute approximate surface area is 143 Å². The fourth-order valence-corrected chi connectivity index (χ4v) is 2.74. The van der Waals surface area contributed by atoms with Gasteiger partial charge in [0.25, 0.3) is 0 Å². The van der Waals surface area contributed by atoms with Crippen molar-refractivity contribution in [1.29, 1.82) is 0 Å². The molecule has 0 radical (unpaired) electrons.